The van der Waals surface area contributed by atoms with Crippen LogP contribution in [-0.4, -0.2) is 40.1 Å². The number of nitro groups is 1. The van der Waals surface area contributed by atoms with Crippen molar-refractivity contribution in [2.45, 2.75) is 0 Å². The molecule has 10 heteroatoms. The Morgan fingerprint density at radius 1 is 1.40 bits per heavy atom. The van der Waals surface area contributed by atoms with Crippen LogP contribution >= 0.6 is 11.3 Å². The fraction of sp³-hybridized carbons (Fsp3) is 0.300. The number of ether oxygens (including phenoxy) is 1. The topological polar surface area (TPSA) is 115 Å². The number of methoxy groups -OCH3 is 1. The second-order valence-corrected chi connectivity index (χ2v) is 4.45. The van der Waals surface area contributed by atoms with Crippen LogP contribution in [0.25, 0.3) is 0 Å². The molecule has 106 valence electrons. The summed E-state index contributed by atoms with van der Waals surface area (Å²) in [6.07, 6.45) is 2.84. The Labute approximate surface area is 118 Å². The van der Waals surface area contributed by atoms with Crippen molar-refractivity contribution in [3.05, 3.63) is 28.0 Å². The van der Waals surface area contributed by atoms with Crippen molar-refractivity contribution >= 4 is 33.8 Å². The van der Waals surface area contributed by atoms with E-state index in [1.165, 1.54) is 17.7 Å². The van der Waals surface area contributed by atoms with E-state index in [9.17, 15) is 10.1 Å². The minimum absolute atomic E-state index is 0.0971. The molecule has 0 aromatic carbocycles. The van der Waals surface area contributed by atoms with Gasteiger partial charge in [-0.3, -0.25) is 10.1 Å². The first kappa shape index (κ1) is 14.1. The molecule has 2 heterocycles. The molecule has 2 rings (SSSR count). The van der Waals surface area contributed by atoms with Crippen molar-refractivity contribution in [2.75, 3.05) is 30.9 Å². The van der Waals surface area contributed by atoms with E-state index < -0.39 is 4.92 Å². The van der Waals surface area contributed by atoms with Crippen LogP contribution in [0.1, 0.15) is 0 Å². The summed E-state index contributed by atoms with van der Waals surface area (Å²) in [5, 5.41) is 19.1. The highest BCUT2D eigenvalue weighted by Gasteiger charge is 2.23. The summed E-state index contributed by atoms with van der Waals surface area (Å²) in [5.74, 6) is 0.237. The Kier molecular flexibility index (Phi) is 4.74. The zero-order chi connectivity index (χ0) is 14.4. The van der Waals surface area contributed by atoms with Crippen molar-refractivity contribution < 1.29 is 9.66 Å². The Morgan fingerprint density at radius 3 is 2.85 bits per heavy atom. The predicted molar refractivity (Wildman–Crippen MR) is 74.4 cm³/mol. The summed E-state index contributed by atoms with van der Waals surface area (Å²) >= 11 is 1.32. The van der Waals surface area contributed by atoms with Crippen LogP contribution in [0, 0.1) is 10.1 Å². The number of anilines is 3. The van der Waals surface area contributed by atoms with Gasteiger partial charge in [0.2, 0.25) is 11.6 Å². The molecule has 2 aromatic heterocycles. The number of hydrogen-bond donors (Lipinski definition) is 2. The molecule has 0 atom stereocenters. The lowest BCUT2D eigenvalue weighted by atomic mass is 10.4. The van der Waals surface area contributed by atoms with Crippen LogP contribution in [0.2, 0.25) is 0 Å². The molecule has 0 saturated heterocycles. The van der Waals surface area contributed by atoms with Gasteiger partial charge in [-0.05, 0) is 0 Å². The molecule has 20 heavy (non-hydrogen) atoms. The van der Waals surface area contributed by atoms with Crippen molar-refractivity contribution in [3.8, 4) is 0 Å². The predicted octanol–water partition coefficient (Wildman–Crippen LogP) is 1.64. The van der Waals surface area contributed by atoms with Gasteiger partial charge >= 0.3 is 5.69 Å². The summed E-state index contributed by atoms with van der Waals surface area (Å²) < 4.78 is 4.88. The maximum Gasteiger partial charge on any atom is 0.353 e. The van der Waals surface area contributed by atoms with E-state index in [1.807, 2.05) is 0 Å². The fourth-order valence-electron chi connectivity index (χ4n) is 1.43. The zero-order valence-corrected chi connectivity index (χ0v) is 11.4. The molecule has 0 aliphatic carbocycles. The van der Waals surface area contributed by atoms with Gasteiger partial charge in [0, 0.05) is 25.2 Å². The molecule has 0 unspecified atom stereocenters. The van der Waals surface area contributed by atoms with Gasteiger partial charge in [0.05, 0.1) is 11.5 Å². The molecule has 2 N–H and O–H groups in total. The lowest BCUT2D eigenvalue weighted by Gasteiger charge is -2.08. The first-order chi connectivity index (χ1) is 9.72. The molecule has 0 amide bonds. The summed E-state index contributed by atoms with van der Waals surface area (Å²) in [5.41, 5.74) is -0.223. The molecule has 0 fully saturated rings. The third kappa shape index (κ3) is 3.36. The standard InChI is InChI=1S/C10H12N6O3S/c1-19-4-2-11-8-7(16(17)18)9(14-6-13-8)15-10-12-3-5-20-10/h3,5-6H,2,4H2,1H3,(H2,11,12,13,14,15). The highest BCUT2D eigenvalue weighted by atomic mass is 32.1. The second kappa shape index (κ2) is 6.73. The van der Waals surface area contributed by atoms with Gasteiger partial charge in [0.25, 0.3) is 0 Å². The van der Waals surface area contributed by atoms with E-state index in [1.54, 1.807) is 18.7 Å². The number of rotatable bonds is 7. The van der Waals surface area contributed by atoms with E-state index >= 15 is 0 Å². The molecule has 2 aromatic rings. The molecule has 0 saturated carbocycles. The van der Waals surface area contributed by atoms with Crippen LogP contribution < -0.4 is 10.6 Å². The van der Waals surface area contributed by atoms with Crippen LogP contribution in [0.4, 0.5) is 22.5 Å². The van der Waals surface area contributed by atoms with Gasteiger partial charge in [-0.15, -0.1) is 11.3 Å². The number of aromatic nitrogens is 3. The third-order valence-electron chi connectivity index (χ3n) is 2.26. The largest absolute Gasteiger partial charge is 0.383 e. The molecule has 0 spiro atoms. The van der Waals surface area contributed by atoms with Crippen molar-refractivity contribution in [3.63, 3.8) is 0 Å². The van der Waals surface area contributed by atoms with Gasteiger partial charge in [0.15, 0.2) is 5.13 Å². The lowest BCUT2D eigenvalue weighted by Crippen LogP contribution is -2.12. The quantitative estimate of drug-likeness (QED) is 0.450. The second-order valence-electron chi connectivity index (χ2n) is 3.56. The number of nitrogens with one attached hydrogen (secondary N) is 2. The number of hydrogen-bond acceptors (Lipinski definition) is 9. The van der Waals surface area contributed by atoms with E-state index in [0.717, 1.165) is 0 Å². The van der Waals surface area contributed by atoms with Crippen LogP contribution in [0.15, 0.2) is 17.9 Å². The highest BCUT2D eigenvalue weighted by molar-refractivity contribution is 7.13. The van der Waals surface area contributed by atoms with Gasteiger partial charge in [-0.2, -0.15) is 0 Å². The number of nitrogens with zero attached hydrogens (tertiary/aromatic N) is 4. The molecule has 0 aliphatic rings. The highest BCUT2D eigenvalue weighted by Crippen LogP contribution is 2.31. The maximum atomic E-state index is 11.2. The summed E-state index contributed by atoms with van der Waals surface area (Å²) in [4.78, 5) is 22.4. The van der Waals surface area contributed by atoms with Crippen LogP contribution in [0.5, 0.6) is 0 Å². The minimum Gasteiger partial charge on any atom is -0.383 e. The fourth-order valence-corrected chi connectivity index (χ4v) is 1.96. The van der Waals surface area contributed by atoms with Crippen molar-refractivity contribution in [1.29, 1.82) is 0 Å². The molecule has 0 radical (unpaired) electrons. The van der Waals surface area contributed by atoms with E-state index in [4.69, 9.17) is 4.74 Å². The summed E-state index contributed by atoms with van der Waals surface area (Å²) in [7, 11) is 1.55. The van der Waals surface area contributed by atoms with Crippen molar-refractivity contribution in [2.24, 2.45) is 0 Å². The molecule has 0 bridgehead atoms. The van der Waals surface area contributed by atoms with Crippen molar-refractivity contribution in [1.82, 2.24) is 15.0 Å². The molecular weight excluding hydrogens is 284 g/mol. The average Bonchev–Trinajstić information content (AvgIpc) is 2.92. The summed E-state index contributed by atoms with van der Waals surface area (Å²) in [6.45, 7) is 0.821. The Hall–Kier alpha value is -2.33. The van der Waals surface area contributed by atoms with Crippen LogP contribution in [0.3, 0.4) is 0 Å². The zero-order valence-electron chi connectivity index (χ0n) is 10.6. The third-order valence-corrected chi connectivity index (χ3v) is 2.95. The minimum atomic E-state index is -0.537. The molecule has 0 aliphatic heterocycles. The van der Waals surface area contributed by atoms with E-state index in [2.05, 4.69) is 25.6 Å². The Bertz CT molecular complexity index is 576. The van der Waals surface area contributed by atoms with Gasteiger partial charge in [0.1, 0.15) is 6.33 Å². The Morgan fingerprint density at radius 2 is 2.20 bits per heavy atom. The van der Waals surface area contributed by atoms with Crippen LogP contribution in [-0.2, 0) is 4.74 Å². The maximum absolute atomic E-state index is 11.2. The normalized spacial score (nSPS) is 10.2. The smallest absolute Gasteiger partial charge is 0.353 e. The van der Waals surface area contributed by atoms with E-state index in [0.29, 0.717) is 18.3 Å². The van der Waals surface area contributed by atoms with Gasteiger partial charge < -0.3 is 15.4 Å². The Balaban J connectivity index is 2.26. The molecule has 9 nitrogen and oxygen atoms in total. The molecular formula is C10H12N6O3S. The average molecular weight is 296 g/mol. The first-order valence-electron chi connectivity index (χ1n) is 5.61. The summed E-state index contributed by atoms with van der Waals surface area (Å²) in [6, 6.07) is 0. The first-order valence-corrected chi connectivity index (χ1v) is 6.49. The monoisotopic (exact) mass is 296 g/mol. The van der Waals surface area contributed by atoms with Gasteiger partial charge in [-0.25, -0.2) is 15.0 Å². The SMILES string of the molecule is COCCNc1ncnc(Nc2nccs2)c1[N+](=O)[O-]. The van der Waals surface area contributed by atoms with E-state index in [-0.39, 0.29) is 17.3 Å². The van der Waals surface area contributed by atoms with Gasteiger partial charge in [-0.1, -0.05) is 0 Å². The lowest BCUT2D eigenvalue weighted by molar-refractivity contribution is -0.383. The number of thiazole rings is 1.